The first-order valence-corrected chi connectivity index (χ1v) is 8.00. The van der Waals surface area contributed by atoms with E-state index < -0.39 is 6.10 Å². The lowest BCUT2D eigenvalue weighted by Gasteiger charge is -2.37. The zero-order valence-corrected chi connectivity index (χ0v) is 12.9. The molecule has 3 rings (SSSR count). The Kier molecular flexibility index (Phi) is 4.63. The number of nitrogens with one attached hydrogen (secondary N) is 1. The van der Waals surface area contributed by atoms with Crippen molar-refractivity contribution in [3.63, 3.8) is 0 Å². The maximum Gasteiger partial charge on any atom is 0.318 e. The SMILES string of the molecule is CC(O)CC1COCCN1C(=O)NC1CCCn2nccc21. The summed E-state index contributed by atoms with van der Waals surface area (Å²) < 4.78 is 7.41. The van der Waals surface area contributed by atoms with Crippen molar-refractivity contribution in [2.75, 3.05) is 19.8 Å². The molecule has 7 heteroatoms. The number of hydrogen-bond acceptors (Lipinski definition) is 4. The monoisotopic (exact) mass is 308 g/mol. The molecular formula is C15H24N4O3. The summed E-state index contributed by atoms with van der Waals surface area (Å²) >= 11 is 0. The number of amides is 2. The molecule has 22 heavy (non-hydrogen) atoms. The maximum atomic E-state index is 12.6. The van der Waals surface area contributed by atoms with Gasteiger partial charge in [0.25, 0.3) is 0 Å². The number of aliphatic hydroxyl groups excluding tert-OH is 1. The summed E-state index contributed by atoms with van der Waals surface area (Å²) in [7, 11) is 0. The van der Waals surface area contributed by atoms with Gasteiger partial charge in [-0.2, -0.15) is 5.10 Å². The molecule has 0 bridgehead atoms. The molecule has 0 saturated carbocycles. The predicted octanol–water partition coefficient (Wildman–Crippen LogP) is 0.899. The number of urea groups is 1. The molecule has 2 aliphatic rings. The fourth-order valence-corrected chi connectivity index (χ4v) is 3.31. The molecule has 2 amide bonds. The second-order valence-corrected chi connectivity index (χ2v) is 6.13. The molecule has 1 fully saturated rings. The van der Waals surface area contributed by atoms with Gasteiger partial charge in [-0.05, 0) is 32.3 Å². The number of ether oxygens (including phenoxy) is 1. The van der Waals surface area contributed by atoms with Crippen molar-refractivity contribution >= 4 is 6.03 Å². The molecule has 1 saturated heterocycles. The third-order valence-electron chi connectivity index (χ3n) is 4.37. The number of aliphatic hydroxyl groups is 1. The van der Waals surface area contributed by atoms with Gasteiger partial charge in [0, 0.05) is 19.3 Å². The van der Waals surface area contributed by atoms with E-state index in [9.17, 15) is 9.90 Å². The minimum atomic E-state index is -0.446. The number of carbonyl (C=O) groups is 1. The van der Waals surface area contributed by atoms with E-state index in [1.54, 1.807) is 18.0 Å². The van der Waals surface area contributed by atoms with E-state index in [1.807, 2.05) is 10.7 Å². The average molecular weight is 308 g/mol. The number of nitrogens with zero attached hydrogens (tertiary/aromatic N) is 3. The van der Waals surface area contributed by atoms with Crippen molar-refractivity contribution in [3.8, 4) is 0 Å². The van der Waals surface area contributed by atoms with Crippen LogP contribution in [0.1, 0.15) is 37.9 Å². The number of rotatable bonds is 3. The molecular weight excluding hydrogens is 284 g/mol. The Hall–Kier alpha value is -1.60. The number of aryl methyl sites for hydroxylation is 1. The van der Waals surface area contributed by atoms with Crippen LogP contribution >= 0.6 is 0 Å². The van der Waals surface area contributed by atoms with E-state index in [0.29, 0.717) is 26.2 Å². The van der Waals surface area contributed by atoms with Crippen LogP contribution in [0.5, 0.6) is 0 Å². The summed E-state index contributed by atoms with van der Waals surface area (Å²) in [6, 6.07) is 1.84. The average Bonchev–Trinajstić information content (AvgIpc) is 2.96. The molecule has 3 unspecified atom stereocenters. The van der Waals surface area contributed by atoms with Crippen LogP contribution in [0.4, 0.5) is 4.79 Å². The van der Waals surface area contributed by atoms with Gasteiger partial charge in [0.2, 0.25) is 0 Å². The largest absolute Gasteiger partial charge is 0.393 e. The van der Waals surface area contributed by atoms with Crippen LogP contribution in [0.3, 0.4) is 0 Å². The van der Waals surface area contributed by atoms with Gasteiger partial charge in [-0.3, -0.25) is 4.68 Å². The highest BCUT2D eigenvalue weighted by atomic mass is 16.5. The molecule has 1 aromatic rings. The highest BCUT2D eigenvalue weighted by Gasteiger charge is 2.31. The molecule has 1 aromatic heterocycles. The summed E-state index contributed by atoms with van der Waals surface area (Å²) in [4.78, 5) is 14.4. The van der Waals surface area contributed by atoms with E-state index in [0.717, 1.165) is 25.1 Å². The summed E-state index contributed by atoms with van der Waals surface area (Å²) in [6.07, 6.45) is 3.82. The van der Waals surface area contributed by atoms with E-state index >= 15 is 0 Å². The van der Waals surface area contributed by atoms with Gasteiger partial charge in [-0.15, -0.1) is 0 Å². The fourth-order valence-electron chi connectivity index (χ4n) is 3.31. The Labute approximate surface area is 130 Å². The van der Waals surface area contributed by atoms with Crippen LogP contribution in [-0.4, -0.2) is 57.7 Å². The van der Waals surface area contributed by atoms with E-state index in [2.05, 4.69) is 10.4 Å². The van der Waals surface area contributed by atoms with Crippen molar-refractivity contribution < 1.29 is 14.6 Å². The quantitative estimate of drug-likeness (QED) is 0.869. The van der Waals surface area contributed by atoms with Gasteiger partial charge in [0.1, 0.15) is 0 Å². The van der Waals surface area contributed by atoms with Gasteiger partial charge >= 0.3 is 6.03 Å². The molecule has 7 nitrogen and oxygen atoms in total. The normalized spacial score (nSPS) is 26.4. The summed E-state index contributed by atoms with van der Waals surface area (Å²) in [5, 5.41) is 17.0. The lowest BCUT2D eigenvalue weighted by molar-refractivity contribution is -0.00502. The zero-order chi connectivity index (χ0) is 15.5. The lowest BCUT2D eigenvalue weighted by atomic mass is 10.0. The Balaban J connectivity index is 1.66. The van der Waals surface area contributed by atoms with Crippen LogP contribution in [-0.2, 0) is 11.3 Å². The standard InChI is InChI=1S/C15H24N4O3/c1-11(20)9-12-10-22-8-7-18(12)15(21)17-13-3-2-6-19-14(13)4-5-16-19/h4-5,11-13,20H,2-3,6-10H2,1H3,(H,17,21). The minimum Gasteiger partial charge on any atom is -0.393 e. The summed E-state index contributed by atoms with van der Waals surface area (Å²) in [5.41, 5.74) is 1.07. The maximum absolute atomic E-state index is 12.6. The highest BCUT2D eigenvalue weighted by molar-refractivity contribution is 5.75. The van der Waals surface area contributed by atoms with Crippen LogP contribution in [0.25, 0.3) is 0 Å². The molecule has 0 radical (unpaired) electrons. The van der Waals surface area contributed by atoms with Crippen LogP contribution in [0.15, 0.2) is 12.3 Å². The van der Waals surface area contributed by atoms with Crippen molar-refractivity contribution in [2.45, 2.75) is 50.9 Å². The number of aromatic nitrogens is 2. The predicted molar refractivity (Wildman–Crippen MR) is 80.3 cm³/mol. The van der Waals surface area contributed by atoms with Crippen molar-refractivity contribution in [1.82, 2.24) is 20.0 Å². The van der Waals surface area contributed by atoms with E-state index in [-0.39, 0.29) is 18.1 Å². The Morgan fingerprint density at radius 3 is 3.27 bits per heavy atom. The summed E-state index contributed by atoms with van der Waals surface area (Å²) in [6.45, 7) is 4.25. The molecule has 0 aliphatic carbocycles. The zero-order valence-electron chi connectivity index (χ0n) is 12.9. The number of morpholine rings is 1. The number of fused-ring (bicyclic) bond motifs is 1. The van der Waals surface area contributed by atoms with Crippen LogP contribution in [0, 0.1) is 0 Å². The molecule has 3 atom stereocenters. The van der Waals surface area contributed by atoms with Gasteiger partial charge in [0.15, 0.2) is 0 Å². The van der Waals surface area contributed by atoms with Gasteiger partial charge in [0.05, 0.1) is 37.1 Å². The fraction of sp³-hybridized carbons (Fsp3) is 0.733. The molecule has 2 N–H and O–H groups in total. The highest BCUT2D eigenvalue weighted by Crippen LogP contribution is 2.24. The van der Waals surface area contributed by atoms with Crippen LogP contribution < -0.4 is 5.32 Å². The molecule has 3 heterocycles. The Bertz CT molecular complexity index is 517. The minimum absolute atomic E-state index is 0.0128. The molecule has 0 aromatic carbocycles. The smallest absolute Gasteiger partial charge is 0.318 e. The molecule has 122 valence electrons. The number of hydrogen-bond donors (Lipinski definition) is 2. The molecule has 2 aliphatic heterocycles. The van der Waals surface area contributed by atoms with Crippen molar-refractivity contribution in [3.05, 3.63) is 18.0 Å². The van der Waals surface area contributed by atoms with E-state index in [1.165, 1.54) is 0 Å². The first-order valence-electron chi connectivity index (χ1n) is 8.00. The van der Waals surface area contributed by atoms with Crippen molar-refractivity contribution in [2.24, 2.45) is 0 Å². The third kappa shape index (κ3) is 3.25. The number of carbonyl (C=O) groups excluding carboxylic acids is 1. The first-order chi connectivity index (χ1) is 10.6. The molecule has 0 spiro atoms. The second kappa shape index (κ2) is 6.66. The van der Waals surface area contributed by atoms with Gasteiger partial charge in [-0.1, -0.05) is 0 Å². The Morgan fingerprint density at radius 2 is 2.45 bits per heavy atom. The van der Waals surface area contributed by atoms with Crippen molar-refractivity contribution in [1.29, 1.82) is 0 Å². The Morgan fingerprint density at radius 1 is 1.59 bits per heavy atom. The van der Waals surface area contributed by atoms with Crippen LogP contribution in [0.2, 0.25) is 0 Å². The third-order valence-corrected chi connectivity index (χ3v) is 4.37. The topological polar surface area (TPSA) is 79.6 Å². The van der Waals surface area contributed by atoms with Gasteiger partial charge < -0.3 is 20.1 Å². The lowest BCUT2D eigenvalue weighted by Crippen LogP contribution is -2.54. The van der Waals surface area contributed by atoms with Gasteiger partial charge in [-0.25, -0.2) is 4.79 Å². The second-order valence-electron chi connectivity index (χ2n) is 6.13. The van der Waals surface area contributed by atoms with E-state index in [4.69, 9.17) is 4.74 Å². The summed E-state index contributed by atoms with van der Waals surface area (Å²) in [5.74, 6) is 0. The first kappa shape index (κ1) is 15.3.